The fourth-order valence-corrected chi connectivity index (χ4v) is 2.18. The molecule has 17 heavy (non-hydrogen) atoms. The summed E-state index contributed by atoms with van der Waals surface area (Å²) in [4.78, 5) is 0.123. The predicted molar refractivity (Wildman–Crippen MR) is 64.2 cm³/mol. The van der Waals surface area contributed by atoms with Gasteiger partial charge in [-0.05, 0) is 25.0 Å². The molecule has 1 aliphatic carbocycles. The molecular formula is C11H12N2O3S. The number of nitrogens with zero attached hydrogens (tertiary/aromatic N) is 1. The summed E-state index contributed by atoms with van der Waals surface area (Å²) in [5.41, 5.74) is 1.73. The van der Waals surface area contributed by atoms with Gasteiger partial charge in [-0.2, -0.15) is 0 Å². The Morgan fingerprint density at radius 3 is 2.71 bits per heavy atom. The molecule has 0 saturated carbocycles. The van der Waals surface area contributed by atoms with Gasteiger partial charge in [0.05, 0.1) is 11.1 Å². The van der Waals surface area contributed by atoms with E-state index in [0.717, 1.165) is 11.1 Å². The lowest BCUT2D eigenvalue weighted by Gasteiger charge is -1.97. The smallest absolute Gasteiger partial charge is 0.237 e. The maximum absolute atomic E-state index is 11.2. The standard InChI is InChI=1S/C11H12N2O3S/c1-8-11(7-13-16-8)9-3-2-4-10(6-5-9)17(12,14)15/h3-7H,2H2,1H3,(H2,12,14,15). The number of allylic oxidation sites excluding steroid dienone is 5. The molecule has 0 spiro atoms. The second kappa shape index (κ2) is 4.31. The molecule has 5 nitrogen and oxygen atoms in total. The summed E-state index contributed by atoms with van der Waals surface area (Å²) >= 11 is 0. The molecule has 1 heterocycles. The summed E-state index contributed by atoms with van der Waals surface area (Å²) in [7, 11) is -3.65. The Morgan fingerprint density at radius 2 is 2.12 bits per heavy atom. The number of rotatable bonds is 2. The maximum Gasteiger partial charge on any atom is 0.237 e. The van der Waals surface area contributed by atoms with Gasteiger partial charge in [0.2, 0.25) is 10.0 Å². The van der Waals surface area contributed by atoms with Gasteiger partial charge in [-0.1, -0.05) is 23.4 Å². The first-order valence-electron chi connectivity index (χ1n) is 5.01. The zero-order valence-electron chi connectivity index (χ0n) is 9.25. The van der Waals surface area contributed by atoms with E-state index in [0.29, 0.717) is 12.2 Å². The molecule has 0 atom stereocenters. The maximum atomic E-state index is 11.2. The van der Waals surface area contributed by atoms with E-state index in [9.17, 15) is 8.42 Å². The van der Waals surface area contributed by atoms with Crippen LogP contribution in [0.5, 0.6) is 0 Å². The molecule has 0 aromatic carbocycles. The van der Waals surface area contributed by atoms with Gasteiger partial charge in [-0.15, -0.1) is 0 Å². The first-order valence-corrected chi connectivity index (χ1v) is 6.56. The number of hydrogen-bond donors (Lipinski definition) is 1. The highest BCUT2D eigenvalue weighted by Crippen LogP contribution is 2.24. The second-order valence-electron chi connectivity index (χ2n) is 3.68. The molecule has 6 heteroatoms. The lowest BCUT2D eigenvalue weighted by molar-refractivity contribution is 0.397. The number of nitrogens with two attached hydrogens (primary N) is 1. The molecule has 2 N–H and O–H groups in total. The van der Waals surface area contributed by atoms with Crippen molar-refractivity contribution >= 4 is 15.6 Å². The van der Waals surface area contributed by atoms with Crippen molar-refractivity contribution in [3.63, 3.8) is 0 Å². The first kappa shape index (κ1) is 11.8. The zero-order valence-corrected chi connectivity index (χ0v) is 10.1. The van der Waals surface area contributed by atoms with Crippen LogP contribution in [0, 0.1) is 6.92 Å². The van der Waals surface area contributed by atoms with E-state index in [1.54, 1.807) is 25.3 Å². The number of aryl methyl sites for hydroxylation is 1. The van der Waals surface area contributed by atoms with E-state index in [1.165, 1.54) is 6.08 Å². The minimum absolute atomic E-state index is 0.123. The van der Waals surface area contributed by atoms with E-state index in [-0.39, 0.29) is 4.91 Å². The Morgan fingerprint density at radius 1 is 1.35 bits per heavy atom. The van der Waals surface area contributed by atoms with Gasteiger partial charge in [0, 0.05) is 5.56 Å². The van der Waals surface area contributed by atoms with Crippen LogP contribution in [0.3, 0.4) is 0 Å². The molecule has 0 aliphatic heterocycles. The topological polar surface area (TPSA) is 86.2 Å². The number of sulfonamides is 1. The average Bonchev–Trinajstić information content (AvgIpc) is 2.53. The van der Waals surface area contributed by atoms with Crippen molar-refractivity contribution < 1.29 is 12.9 Å². The van der Waals surface area contributed by atoms with Crippen molar-refractivity contribution in [2.24, 2.45) is 5.14 Å². The van der Waals surface area contributed by atoms with Crippen LogP contribution in [0.25, 0.3) is 5.57 Å². The molecule has 90 valence electrons. The molecule has 0 unspecified atom stereocenters. The lowest BCUT2D eigenvalue weighted by Crippen LogP contribution is -2.13. The molecule has 0 saturated heterocycles. The van der Waals surface area contributed by atoms with Gasteiger partial charge in [-0.25, -0.2) is 13.6 Å². The van der Waals surface area contributed by atoms with Crippen LogP contribution in [0.4, 0.5) is 0 Å². The Hall–Kier alpha value is -1.66. The van der Waals surface area contributed by atoms with Crippen LogP contribution < -0.4 is 5.14 Å². The Labute approximate surface area is 99.3 Å². The number of hydrogen-bond acceptors (Lipinski definition) is 4. The van der Waals surface area contributed by atoms with Gasteiger partial charge >= 0.3 is 0 Å². The van der Waals surface area contributed by atoms with Crippen LogP contribution in [-0.4, -0.2) is 13.6 Å². The number of aromatic nitrogens is 1. The van der Waals surface area contributed by atoms with Crippen LogP contribution >= 0.6 is 0 Å². The summed E-state index contributed by atoms with van der Waals surface area (Å²) in [6.07, 6.45) is 8.76. The summed E-state index contributed by atoms with van der Waals surface area (Å²) in [5, 5.41) is 8.76. The van der Waals surface area contributed by atoms with E-state index in [1.807, 2.05) is 6.08 Å². The summed E-state index contributed by atoms with van der Waals surface area (Å²) in [6, 6.07) is 0. The van der Waals surface area contributed by atoms with Crippen molar-refractivity contribution in [1.82, 2.24) is 5.16 Å². The SMILES string of the molecule is Cc1oncc1C1=CCC=C(S(N)(=O)=O)C=C1. The van der Waals surface area contributed by atoms with E-state index in [4.69, 9.17) is 9.66 Å². The van der Waals surface area contributed by atoms with E-state index >= 15 is 0 Å². The van der Waals surface area contributed by atoms with Gasteiger partial charge in [0.25, 0.3) is 0 Å². The van der Waals surface area contributed by atoms with Gasteiger partial charge < -0.3 is 4.52 Å². The quantitative estimate of drug-likeness (QED) is 0.864. The normalized spacial score (nSPS) is 16.4. The van der Waals surface area contributed by atoms with E-state index < -0.39 is 10.0 Å². The Balaban J connectivity index is 2.34. The zero-order chi connectivity index (χ0) is 12.5. The highest BCUT2D eigenvalue weighted by molar-refractivity contribution is 7.93. The highest BCUT2D eigenvalue weighted by atomic mass is 32.2. The van der Waals surface area contributed by atoms with Gasteiger partial charge in [0.15, 0.2) is 0 Å². The molecule has 1 aromatic rings. The molecule has 0 radical (unpaired) electrons. The lowest BCUT2D eigenvalue weighted by atomic mass is 10.1. The molecule has 0 fully saturated rings. The van der Waals surface area contributed by atoms with Crippen LogP contribution in [0.15, 0.2) is 39.9 Å². The second-order valence-corrected chi connectivity index (χ2v) is 5.24. The van der Waals surface area contributed by atoms with Crippen molar-refractivity contribution in [3.8, 4) is 0 Å². The fraction of sp³-hybridized carbons (Fsp3) is 0.182. The summed E-state index contributed by atoms with van der Waals surface area (Å²) < 4.78 is 27.4. The van der Waals surface area contributed by atoms with Crippen molar-refractivity contribution in [2.75, 3.05) is 0 Å². The molecule has 1 aromatic heterocycles. The molecule has 1 aliphatic rings. The fourth-order valence-electron chi connectivity index (χ4n) is 1.60. The van der Waals surface area contributed by atoms with Crippen LogP contribution in [-0.2, 0) is 10.0 Å². The predicted octanol–water partition coefficient (Wildman–Crippen LogP) is 1.50. The van der Waals surface area contributed by atoms with Gasteiger partial charge in [-0.3, -0.25) is 0 Å². The van der Waals surface area contributed by atoms with Crippen molar-refractivity contribution in [2.45, 2.75) is 13.3 Å². The first-order chi connectivity index (χ1) is 7.98. The van der Waals surface area contributed by atoms with Crippen molar-refractivity contribution in [3.05, 3.63) is 46.7 Å². The minimum atomic E-state index is -3.65. The Bertz CT molecular complexity index is 621. The largest absolute Gasteiger partial charge is 0.361 e. The molecule has 2 rings (SSSR count). The third-order valence-electron chi connectivity index (χ3n) is 2.47. The number of primary sulfonamides is 1. The third-order valence-corrected chi connectivity index (χ3v) is 3.43. The Kier molecular flexibility index (Phi) is 2.99. The van der Waals surface area contributed by atoms with Gasteiger partial charge in [0.1, 0.15) is 5.76 Å². The highest BCUT2D eigenvalue weighted by Gasteiger charge is 2.12. The van der Waals surface area contributed by atoms with E-state index in [2.05, 4.69) is 5.16 Å². The third kappa shape index (κ3) is 2.54. The van der Waals surface area contributed by atoms with Crippen molar-refractivity contribution in [1.29, 1.82) is 0 Å². The summed E-state index contributed by atoms with van der Waals surface area (Å²) in [5.74, 6) is 0.694. The molecular weight excluding hydrogens is 240 g/mol. The summed E-state index contributed by atoms with van der Waals surface area (Å²) in [6.45, 7) is 1.80. The molecule has 0 bridgehead atoms. The minimum Gasteiger partial charge on any atom is -0.361 e. The van der Waals surface area contributed by atoms with Crippen LogP contribution in [0.1, 0.15) is 17.7 Å². The monoisotopic (exact) mass is 252 g/mol. The average molecular weight is 252 g/mol. The van der Waals surface area contributed by atoms with Crippen LogP contribution in [0.2, 0.25) is 0 Å². The molecule has 0 amide bonds.